The van der Waals surface area contributed by atoms with Gasteiger partial charge >= 0.3 is 6.18 Å². The van der Waals surface area contributed by atoms with Crippen LogP contribution in [0.25, 0.3) is 12.2 Å². The number of nitro benzene ring substituents is 1. The Morgan fingerprint density at radius 2 is 1.71 bits per heavy atom. The maximum atomic E-state index is 12.6. The first-order valence-electron chi connectivity index (χ1n) is 7.99. The van der Waals surface area contributed by atoms with Crippen molar-refractivity contribution in [2.45, 2.75) is 6.18 Å². The zero-order valence-electron chi connectivity index (χ0n) is 14.1. The van der Waals surface area contributed by atoms with Crippen molar-refractivity contribution < 1.29 is 27.3 Å². The standard InChI is InChI=1S/C20H12F3NO4/c21-20(22,23)18-11-9-15(28-18)8-6-13-7-10-17(24(26)27)16(12-13)19(25)14-4-2-1-3-5-14/h1-12H/b8-6+. The molecule has 5 nitrogen and oxygen atoms in total. The Kier molecular flexibility index (Phi) is 5.12. The number of carbonyl (C=O) groups excluding carboxylic acids is 1. The lowest BCUT2D eigenvalue weighted by atomic mass is 9.99. The van der Waals surface area contributed by atoms with Gasteiger partial charge in [-0.15, -0.1) is 0 Å². The Bertz CT molecular complexity index is 1050. The maximum Gasteiger partial charge on any atom is 0.449 e. The highest BCUT2D eigenvalue weighted by atomic mass is 19.4. The quantitative estimate of drug-likeness (QED) is 0.324. The number of halogens is 3. The van der Waals surface area contributed by atoms with Crippen LogP contribution < -0.4 is 0 Å². The Labute approximate surface area is 156 Å². The summed E-state index contributed by atoms with van der Waals surface area (Å²) in [5, 5.41) is 11.3. The minimum atomic E-state index is -4.59. The lowest BCUT2D eigenvalue weighted by molar-refractivity contribution is -0.385. The second kappa shape index (κ2) is 7.51. The van der Waals surface area contributed by atoms with Crippen molar-refractivity contribution in [3.63, 3.8) is 0 Å². The zero-order chi connectivity index (χ0) is 20.3. The molecule has 28 heavy (non-hydrogen) atoms. The molecule has 0 saturated heterocycles. The maximum absolute atomic E-state index is 12.6. The summed E-state index contributed by atoms with van der Waals surface area (Å²) in [6.07, 6.45) is -1.90. The normalized spacial score (nSPS) is 11.7. The molecule has 0 fully saturated rings. The van der Waals surface area contributed by atoms with Crippen molar-refractivity contribution in [3.05, 3.63) is 99.0 Å². The SMILES string of the molecule is O=C(c1ccccc1)c1cc(/C=C/c2ccc(C(F)(F)F)o2)ccc1[N+](=O)[O-]. The minimum absolute atomic E-state index is 0.0402. The number of alkyl halides is 3. The summed E-state index contributed by atoms with van der Waals surface area (Å²) in [7, 11) is 0. The number of furan rings is 1. The van der Waals surface area contributed by atoms with E-state index in [2.05, 4.69) is 0 Å². The van der Waals surface area contributed by atoms with Gasteiger partial charge in [-0.25, -0.2) is 0 Å². The predicted octanol–water partition coefficient (Wildman–Crippen LogP) is 5.61. The summed E-state index contributed by atoms with van der Waals surface area (Å²) in [5.41, 5.74) is 0.208. The van der Waals surface area contributed by atoms with Gasteiger partial charge in [-0.05, 0) is 35.9 Å². The fourth-order valence-electron chi connectivity index (χ4n) is 2.52. The minimum Gasteiger partial charge on any atom is -0.452 e. The molecule has 0 aliphatic carbocycles. The van der Waals surface area contributed by atoms with Gasteiger partial charge in [0, 0.05) is 11.6 Å². The molecule has 142 valence electrons. The highest BCUT2D eigenvalue weighted by molar-refractivity contribution is 6.11. The Balaban J connectivity index is 1.94. The topological polar surface area (TPSA) is 73.3 Å². The third-order valence-corrected chi connectivity index (χ3v) is 3.84. The molecule has 8 heteroatoms. The van der Waals surface area contributed by atoms with Crippen LogP contribution in [0.15, 0.2) is 65.1 Å². The molecule has 0 aliphatic rings. The van der Waals surface area contributed by atoms with Gasteiger partial charge in [0.2, 0.25) is 5.76 Å². The Morgan fingerprint density at radius 3 is 2.32 bits per heavy atom. The lowest BCUT2D eigenvalue weighted by Crippen LogP contribution is -2.05. The van der Waals surface area contributed by atoms with E-state index < -0.39 is 22.6 Å². The Hall–Kier alpha value is -3.68. The van der Waals surface area contributed by atoms with Crippen LogP contribution in [0, 0.1) is 10.1 Å². The number of nitrogens with zero attached hydrogens (tertiary/aromatic N) is 1. The van der Waals surface area contributed by atoms with Crippen LogP contribution >= 0.6 is 0 Å². The second-order valence-corrected chi connectivity index (χ2v) is 5.76. The number of rotatable bonds is 5. The van der Waals surface area contributed by atoms with Crippen molar-refractivity contribution in [2.24, 2.45) is 0 Å². The van der Waals surface area contributed by atoms with Gasteiger partial charge in [0.1, 0.15) is 11.3 Å². The average molecular weight is 387 g/mol. The number of hydrogen-bond donors (Lipinski definition) is 0. The third kappa shape index (κ3) is 4.17. The molecular weight excluding hydrogens is 375 g/mol. The summed E-state index contributed by atoms with van der Waals surface area (Å²) >= 11 is 0. The van der Waals surface area contributed by atoms with Crippen LogP contribution in [-0.4, -0.2) is 10.7 Å². The first-order valence-corrected chi connectivity index (χ1v) is 7.99. The van der Waals surface area contributed by atoms with E-state index in [9.17, 15) is 28.1 Å². The number of benzene rings is 2. The number of hydrogen-bond acceptors (Lipinski definition) is 4. The van der Waals surface area contributed by atoms with Crippen LogP contribution in [0.4, 0.5) is 18.9 Å². The van der Waals surface area contributed by atoms with Crippen LogP contribution in [0.5, 0.6) is 0 Å². The molecule has 0 atom stereocenters. The molecule has 0 radical (unpaired) electrons. The van der Waals surface area contributed by atoms with E-state index in [0.29, 0.717) is 5.56 Å². The van der Waals surface area contributed by atoms with E-state index in [0.717, 1.165) is 12.1 Å². The smallest absolute Gasteiger partial charge is 0.449 e. The monoisotopic (exact) mass is 387 g/mol. The first-order chi connectivity index (χ1) is 13.3. The third-order valence-electron chi connectivity index (χ3n) is 3.84. The largest absolute Gasteiger partial charge is 0.452 e. The van der Waals surface area contributed by atoms with E-state index in [4.69, 9.17) is 4.42 Å². The molecule has 3 aromatic rings. The van der Waals surface area contributed by atoms with Crippen LogP contribution in [0.3, 0.4) is 0 Å². The van der Waals surface area contributed by atoms with Gasteiger partial charge in [-0.1, -0.05) is 36.4 Å². The van der Waals surface area contributed by atoms with Gasteiger partial charge in [-0.3, -0.25) is 14.9 Å². The van der Waals surface area contributed by atoms with Crippen molar-refractivity contribution in [3.8, 4) is 0 Å². The highest BCUT2D eigenvalue weighted by Crippen LogP contribution is 2.31. The molecule has 0 spiro atoms. The second-order valence-electron chi connectivity index (χ2n) is 5.76. The highest BCUT2D eigenvalue weighted by Gasteiger charge is 2.34. The fraction of sp³-hybridized carbons (Fsp3) is 0.0500. The first kappa shape index (κ1) is 19.1. The summed E-state index contributed by atoms with van der Waals surface area (Å²) in [6.45, 7) is 0. The van der Waals surface area contributed by atoms with E-state index in [1.54, 1.807) is 18.2 Å². The van der Waals surface area contributed by atoms with Crippen molar-refractivity contribution >= 4 is 23.6 Å². The molecule has 3 rings (SSSR count). The van der Waals surface area contributed by atoms with Crippen molar-refractivity contribution in [1.29, 1.82) is 0 Å². The lowest BCUT2D eigenvalue weighted by Gasteiger charge is -2.04. The number of carbonyl (C=O) groups is 1. The van der Waals surface area contributed by atoms with E-state index in [1.807, 2.05) is 0 Å². The van der Waals surface area contributed by atoms with E-state index in [-0.39, 0.29) is 22.6 Å². The summed E-state index contributed by atoms with van der Waals surface area (Å²) < 4.78 is 42.4. The van der Waals surface area contributed by atoms with Gasteiger partial charge in [0.25, 0.3) is 5.69 Å². The molecule has 0 saturated carbocycles. The average Bonchev–Trinajstić information content (AvgIpc) is 3.16. The van der Waals surface area contributed by atoms with Gasteiger partial charge in [-0.2, -0.15) is 13.2 Å². The molecule has 0 N–H and O–H groups in total. The zero-order valence-corrected chi connectivity index (χ0v) is 14.1. The summed E-state index contributed by atoms with van der Waals surface area (Å²) in [4.78, 5) is 23.2. The summed E-state index contributed by atoms with van der Waals surface area (Å²) in [5.74, 6) is -1.70. The molecule has 1 aromatic heterocycles. The fourth-order valence-corrected chi connectivity index (χ4v) is 2.52. The molecular formula is C20H12F3NO4. The molecule has 0 aliphatic heterocycles. The van der Waals surface area contributed by atoms with Crippen molar-refractivity contribution in [2.75, 3.05) is 0 Å². The molecule has 0 unspecified atom stereocenters. The Morgan fingerprint density at radius 1 is 1.00 bits per heavy atom. The van der Waals surface area contributed by atoms with Crippen LogP contribution in [-0.2, 0) is 6.18 Å². The molecule has 0 bridgehead atoms. The van der Waals surface area contributed by atoms with Gasteiger partial charge in [0.05, 0.1) is 4.92 Å². The van der Waals surface area contributed by atoms with Crippen LogP contribution in [0.2, 0.25) is 0 Å². The number of ketones is 1. The van der Waals surface area contributed by atoms with E-state index >= 15 is 0 Å². The molecule has 2 aromatic carbocycles. The van der Waals surface area contributed by atoms with Gasteiger partial charge < -0.3 is 4.42 Å². The van der Waals surface area contributed by atoms with Crippen LogP contribution in [0.1, 0.15) is 33.0 Å². The van der Waals surface area contributed by atoms with E-state index in [1.165, 1.54) is 42.5 Å². The van der Waals surface area contributed by atoms with Gasteiger partial charge in [0.15, 0.2) is 5.78 Å². The molecule has 1 heterocycles. The summed E-state index contributed by atoms with van der Waals surface area (Å²) in [6, 6.07) is 13.9. The predicted molar refractivity (Wildman–Crippen MR) is 95.6 cm³/mol. The van der Waals surface area contributed by atoms with Crippen molar-refractivity contribution in [1.82, 2.24) is 0 Å². The molecule has 0 amide bonds. The number of nitro groups is 1.